The normalized spacial score (nSPS) is 11.6. The molecule has 0 bridgehead atoms. The average molecular weight is 292 g/mol. The third-order valence-corrected chi connectivity index (χ3v) is 2.96. The van der Waals surface area contributed by atoms with Gasteiger partial charge in [-0.15, -0.1) is 0 Å². The molecule has 0 saturated carbocycles. The Kier molecular flexibility index (Phi) is 5.90. The Hall–Kier alpha value is -2.37. The van der Waals surface area contributed by atoms with E-state index in [2.05, 4.69) is 5.32 Å². The van der Waals surface area contributed by atoms with Crippen molar-refractivity contribution in [3.05, 3.63) is 24.3 Å². The molecule has 114 valence electrons. The van der Waals surface area contributed by atoms with E-state index in [0.717, 1.165) is 0 Å². The van der Waals surface area contributed by atoms with Crippen molar-refractivity contribution in [3.63, 3.8) is 0 Å². The fraction of sp³-hybridized carbons (Fsp3) is 0.400. The Balaban J connectivity index is 3.05. The SMILES string of the molecule is CCC(=O)N(CC(C)C(=O)O)c1cccc(NC(C)=O)c1. The van der Waals surface area contributed by atoms with Gasteiger partial charge in [-0.1, -0.05) is 19.9 Å². The van der Waals surface area contributed by atoms with Crippen LogP contribution < -0.4 is 10.2 Å². The molecule has 0 heterocycles. The number of anilines is 2. The summed E-state index contributed by atoms with van der Waals surface area (Å²) >= 11 is 0. The topological polar surface area (TPSA) is 86.7 Å². The molecule has 0 fully saturated rings. The molecule has 21 heavy (non-hydrogen) atoms. The fourth-order valence-corrected chi connectivity index (χ4v) is 1.85. The Morgan fingerprint density at radius 3 is 2.52 bits per heavy atom. The highest BCUT2D eigenvalue weighted by Gasteiger charge is 2.21. The van der Waals surface area contributed by atoms with Crippen LogP contribution in [0.25, 0.3) is 0 Å². The van der Waals surface area contributed by atoms with Gasteiger partial charge in [-0.25, -0.2) is 0 Å². The third kappa shape index (κ3) is 4.91. The molecule has 1 atom stereocenters. The van der Waals surface area contributed by atoms with E-state index < -0.39 is 11.9 Å². The van der Waals surface area contributed by atoms with Crippen molar-refractivity contribution in [2.75, 3.05) is 16.8 Å². The molecule has 0 aliphatic heterocycles. The predicted octanol–water partition coefficient (Wildman–Crippen LogP) is 2.11. The molecule has 1 unspecified atom stereocenters. The lowest BCUT2D eigenvalue weighted by Gasteiger charge is -2.24. The molecule has 2 amide bonds. The van der Waals surface area contributed by atoms with E-state index in [1.54, 1.807) is 38.1 Å². The average Bonchev–Trinajstić information content (AvgIpc) is 2.43. The molecule has 0 aromatic heterocycles. The predicted molar refractivity (Wildman–Crippen MR) is 80.2 cm³/mol. The second-order valence-corrected chi connectivity index (χ2v) is 4.83. The van der Waals surface area contributed by atoms with Crippen molar-refractivity contribution in [1.82, 2.24) is 0 Å². The number of carbonyl (C=O) groups is 3. The highest BCUT2D eigenvalue weighted by molar-refractivity contribution is 5.95. The summed E-state index contributed by atoms with van der Waals surface area (Å²) in [7, 11) is 0. The maximum Gasteiger partial charge on any atom is 0.308 e. The van der Waals surface area contributed by atoms with E-state index in [1.807, 2.05) is 0 Å². The van der Waals surface area contributed by atoms with E-state index in [1.165, 1.54) is 11.8 Å². The van der Waals surface area contributed by atoms with Gasteiger partial charge < -0.3 is 15.3 Å². The van der Waals surface area contributed by atoms with E-state index in [9.17, 15) is 14.4 Å². The van der Waals surface area contributed by atoms with Gasteiger partial charge in [0.1, 0.15) is 0 Å². The zero-order valence-electron chi connectivity index (χ0n) is 12.4. The summed E-state index contributed by atoms with van der Waals surface area (Å²) in [4.78, 5) is 35.6. The molecule has 0 radical (unpaired) electrons. The number of rotatable bonds is 6. The van der Waals surface area contributed by atoms with Crippen molar-refractivity contribution in [1.29, 1.82) is 0 Å². The van der Waals surface area contributed by atoms with Crippen LogP contribution in [0.4, 0.5) is 11.4 Å². The molecule has 0 aliphatic rings. The number of carbonyl (C=O) groups excluding carboxylic acids is 2. The van der Waals surface area contributed by atoms with Gasteiger partial charge in [-0.05, 0) is 18.2 Å². The van der Waals surface area contributed by atoms with E-state index in [0.29, 0.717) is 11.4 Å². The van der Waals surface area contributed by atoms with Crippen LogP contribution in [0.5, 0.6) is 0 Å². The second kappa shape index (κ2) is 7.42. The van der Waals surface area contributed by atoms with Gasteiger partial charge in [0.2, 0.25) is 11.8 Å². The van der Waals surface area contributed by atoms with Gasteiger partial charge >= 0.3 is 5.97 Å². The standard InChI is InChI=1S/C15H20N2O4/c1-4-14(19)17(9-10(2)15(20)21)13-7-5-6-12(8-13)16-11(3)18/h5-8,10H,4,9H2,1-3H3,(H,16,18)(H,20,21). The quantitative estimate of drug-likeness (QED) is 0.840. The zero-order chi connectivity index (χ0) is 16.0. The minimum Gasteiger partial charge on any atom is -0.481 e. The van der Waals surface area contributed by atoms with Crippen LogP contribution in [0.1, 0.15) is 27.2 Å². The van der Waals surface area contributed by atoms with Gasteiger partial charge in [-0.2, -0.15) is 0 Å². The molecule has 0 spiro atoms. The van der Waals surface area contributed by atoms with Gasteiger partial charge in [-0.3, -0.25) is 14.4 Å². The molecule has 1 rings (SSSR count). The molecular formula is C15H20N2O4. The first-order valence-corrected chi connectivity index (χ1v) is 6.76. The van der Waals surface area contributed by atoms with Crippen molar-refractivity contribution in [3.8, 4) is 0 Å². The number of benzene rings is 1. The smallest absolute Gasteiger partial charge is 0.308 e. The van der Waals surface area contributed by atoms with Crippen molar-refractivity contribution in [2.24, 2.45) is 5.92 Å². The van der Waals surface area contributed by atoms with E-state index in [-0.39, 0.29) is 24.8 Å². The number of aliphatic carboxylic acids is 1. The maximum absolute atomic E-state index is 12.0. The Morgan fingerprint density at radius 1 is 1.33 bits per heavy atom. The number of hydrogen-bond donors (Lipinski definition) is 2. The van der Waals surface area contributed by atoms with Crippen LogP contribution in [0.3, 0.4) is 0 Å². The van der Waals surface area contributed by atoms with Crippen LogP contribution >= 0.6 is 0 Å². The minimum atomic E-state index is -0.957. The van der Waals surface area contributed by atoms with E-state index in [4.69, 9.17) is 5.11 Å². The number of hydrogen-bond acceptors (Lipinski definition) is 3. The van der Waals surface area contributed by atoms with Crippen molar-refractivity contribution >= 4 is 29.2 Å². The molecule has 0 saturated heterocycles. The maximum atomic E-state index is 12.0. The Bertz CT molecular complexity index is 542. The fourth-order valence-electron chi connectivity index (χ4n) is 1.85. The van der Waals surface area contributed by atoms with Crippen LogP contribution in [0, 0.1) is 5.92 Å². The minimum absolute atomic E-state index is 0.0888. The summed E-state index contributed by atoms with van der Waals surface area (Å²) < 4.78 is 0. The third-order valence-electron chi connectivity index (χ3n) is 2.96. The molecule has 2 N–H and O–H groups in total. The molecule has 6 nitrogen and oxygen atoms in total. The lowest BCUT2D eigenvalue weighted by molar-refractivity contribution is -0.140. The largest absolute Gasteiger partial charge is 0.481 e. The summed E-state index contributed by atoms with van der Waals surface area (Å²) in [5.74, 6) is -2.01. The number of amides is 2. The van der Waals surface area contributed by atoms with Crippen molar-refractivity contribution in [2.45, 2.75) is 27.2 Å². The van der Waals surface area contributed by atoms with Crippen molar-refractivity contribution < 1.29 is 19.5 Å². The van der Waals surface area contributed by atoms with Crippen LogP contribution in [0.2, 0.25) is 0 Å². The molecule has 1 aromatic rings. The molecular weight excluding hydrogens is 272 g/mol. The van der Waals surface area contributed by atoms with Crippen LogP contribution in [0.15, 0.2) is 24.3 Å². The van der Waals surface area contributed by atoms with Crippen LogP contribution in [-0.2, 0) is 14.4 Å². The van der Waals surface area contributed by atoms with Crippen LogP contribution in [-0.4, -0.2) is 29.4 Å². The summed E-state index contributed by atoms with van der Waals surface area (Å²) in [5.41, 5.74) is 1.14. The monoisotopic (exact) mass is 292 g/mol. The first kappa shape index (κ1) is 16.7. The summed E-state index contributed by atoms with van der Waals surface area (Å²) in [6, 6.07) is 6.79. The number of carboxylic acids is 1. The highest BCUT2D eigenvalue weighted by Crippen LogP contribution is 2.21. The number of carboxylic acid groups (broad SMARTS) is 1. The van der Waals surface area contributed by atoms with Gasteiger partial charge in [0.05, 0.1) is 5.92 Å². The summed E-state index contributed by atoms with van der Waals surface area (Å²) in [6.45, 7) is 4.76. The Morgan fingerprint density at radius 2 is 2.00 bits per heavy atom. The molecule has 6 heteroatoms. The molecule has 0 aliphatic carbocycles. The first-order valence-electron chi connectivity index (χ1n) is 6.76. The number of nitrogens with zero attached hydrogens (tertiary/aromatic N) is 1. The van der Waals surface area contributed by atoms with Gasteiger partial charge in [0.15, 0.2) is 0 Å². The van der Waals surface area contributed by atoms with Gasteiger partial charge in [0.25, 0.3) is 0 Å². The Labute approximate surface area is 123 Å². The number of nitrogens with one attached hydrogen (secondary N) is 1. The summed E-state index contributed by atoms with van der Waals surface area (Å²) in [6.07, 6.45) is 0.275. The van der Waals surface area contributed by atoms with E-state index >= 15 is 0 Å². The molecule has 1 aromatic carbocycles. The lowest BCUT2D eigenvalue weighted by Crippen LogP contribution is -2.36. The van der Waals surface area contributed by atoms with Gasteiger partial charge in [0, 0.05) is 31.3 Å². The second-order valence-electron chi connectivity index (χ2n) is 4.83. The first-order chi connectivity index (χ1) is 9.85. The summed E-state index contributed by atoms with van der Waals surface area (Å²) in [5, 5.41) is 11.7. The zero-order valence-corrected chi connectivity index (χ0v) is 12.4. The lowest BCUT2D eigenvalue weighted by atomic mass is 10.1. The highest BCUT2D eigenvalue weighted by atomic mass is 16.4.